The molecule has 0 aliphatic heterocycles. The smallest absolute Gasteiger partial charge is 0.307 e. The van der Waals surface area contributed by atoms with E-state index in [9.17, 15) is 4.79 Å². The monoisotopic (exact) mass is 136 g/mol. The van der Waals surface area contributed by atoms with Gasteiger partial charge in [0.05, 0.1) is 5.92 Å². The van der Waals surface area contributed by atoms with Crippen molar-refractivity contribution in [3.8, 4) is 0 Å². The van der Waals surface area contributed by atoms with Crippen LogP contribution in [0.5, 0.6) is 0 Å². The third-order valence-electron chi connectivity index (χ3n) is 2.27. The van der Waals surface area contributed by atoms with Gasteiger partial charge in [0.15, 0.2) is 0 Å². The fourth-order valence-corrected chi connectivity index (χ4v) is 1.51. The fourth-order valence-electron chi connectivity index (χ4n) is 1.51. The molecule has 1 unspecified atom stereocenters. The lowest BCUT2D eigenvalue weighted by Gasteiger charge is -1.97. The Morgan fingerprint density at radius 2 is 2.10 bits per heavy atom. The number of allylic oxidation sites excluding steroid dienone is 4. The lowest BCUT2D eigenvalue weighted by Crippen LogP contribution is -2.04. The van der Waals surface area contributed by atoms with Gasteiger partial charge in [-0.1, -0.05) is 24.3 Å². The second-order valence-electron chi connectivity index (χ2n) is 2.93. The quantitative estimate of drug-likeness (QED) is 0.588. The van der Waals surface area contributed by atoms with Crippen LogP contribution >= 0.6 is 0 Å². The van der Waals surface area contributed by atoms with Gasteiger partial charge in [0.2, 0.25) is 0 Å². The lowest BCUT2D eigenvalue weighted by molar-refractivity contribution is -0.139. The summed E-state index contributed by atoms with van der Waals surface area (Å²) >= 11 is 0. The minimum atomic E-state index is -0.670. The van der Waals surface area contributed by atoms with Crippen LogP contribution < -0.4 is 0 Å². The van der Waals surface area contributed by atoms with Gasteiger partial charge >= 0.3 is 5.97 Å². The van der Waals surface area contributed by atoms with Gasteiger partial charge in [-0.15, -0.1) is 0 Å². The SMILES string of the molecule is O=C(O)C1CC12C=CC=C2. The van der Waals surface area contributed by atoms with E-state index in [2.05, 4.69) is 0 Å². The van der Waals surface area contributed by atoms with Crippen molar-refractivity contribution in [2.45, 2.75) is 6.42 Å². The molecule has 0 aromatic carbocycles. The molecule has 0 aromatic rings. The van der Waals surface area contributed by atoms with Crippen LogP contribution in [0.4, 0.5) is 0 Å². The van der Waals surface area contributed by atoms with Gasteiger partial charge in [-0.2, -0.15) is 0 Å². The molecule has 0 radical (unpaired) electrons. The number of hydrogen-bond donors (Lipinski definition) is 1. The van der Waals surface area contributed by atoms with E-state index in [0.717, 1.165) is 6.42 Å². The van der Waals surface area contributed by atoms with Crippen molar-refractivity contribution in [3.05, 3.63) is 24.3 Å². The highest BCUT2D eigenvalue weighted by molar-refractivity contribution is 5.77. The van der Waals surface area contributed by atoms with Crippen LogP contribution in [-0.2, 0) is 4.79 Å². The molecule has 2 aliphatic rings. The second kappa shape index (κ2) is 1.51. The Kier molecular flexibility index (Phi) is 0.862. The molecule has 2 rings (SSSR count). The van der Waals surface area contributed by atoms with Crippen molar-refractivity contribution in [1.82, 2.24) is 0 Å². The van der Waals surface area contributed by atoms with E-state index in [4.69, 9.17) is 5.11 Å². The van der Waals surface area contributed by atoms with Gasteiger partial charge in [-0.05, 0) is 6.42 Å². The van der Waals surface area contributed by atoms with Gasteiger partial charge in [0, 0.05) is 5.41 Å². The Bertz CT molecular complexity index is 226. The summed E-state index contributed by atoms with van der Waals surface area (Å²) in [6, 6.07) is 0. The Hall–Kier alpha value is -1.05. The van der Waals surface area contributed by atoms with Gasteiger partial charge in [-0.25, -0.2) is 0 Å². The largest absolute Gasteiger partial charge is 0.481 e. The molecule has 1 saturated carbocycles. The maximum atomic E-state index is 10.5. The second-order valence-corrected chi connectivity index (χ2v) is 2.93. The zero-order valence-corrected chi connectivity index (χ0v) is 5.45. The number of carboxylic acids is 1. The fraction of sp³-hybridized carbons (Fsp3) is 0.375. The molecule has 2 nitrogen and oxygen atoms in total. The van der Waals surface area contributed by atoms with E-state index in [1.807, 2.05) is 24.3 Å². The van der Waals surface area contributed by atoms with Crippen molar-refractivity contribution in [2.24, 2.45) is 11.3 Å². The Labute approximate surface area is 58.9 Å². The highest BCUT2D eigenvalue weighted by atomic mass is 16.4. The summed E-state index contributed by atoms with van der Waals surface area (Å²) in [4.78, 5) is 10.5. The van der Waals surface area contributed by atoms with Crippen molar-refractivity contribution in [2.75, 3.05) is 0 Å². The van der Waals surface area contributed by atoms with Gasteiger partial charge in [0.25, 0.3) is 0 Å². The first-order valence-corrected chi connectivity index (χ1v) is 3.34. The van der Waals surface area contributed by atoms with Crippen LogP contribution in [0.25, 0.3) is 0 Å². The summed E-state index contributed by atoms with van der Waals surface area (Å²) in [6.45, 7) is 0. The molecule has 1 fully saturated rings. The van der Waals surface area contributed by atoms with E-state index < -0.39 is 5.97 Å². The highest BCUT2D eigenvalue weighted by Gasteiger charge is 2.55. The highest BCUT2D eigenvalue weighted by Crippen LogP contribution is 2.56. The summed E-state index contributed by atoms with van der Waals surface area (Å²) in [7, 11) is 0. The molecule has 0 amide bonds. The maximum absolute atomic E-state index is 10.5. The molecule has 2 heteroatoms. The summed E-state index contributed by atoms with van der Waals surface area (Å²) in [5.74, 6) is -0.821. The lowest BCUT2D eigenvalue weighted by atomic mass is 10.1. The molecule has 0 heterocycles. The first-order valence-electron chi connectivity index (χ1n) is 3.34. The standard InChI is InChI=1S/C8H8O2/c9-7(10)6-5-8(6)3-1-2-4-8/h1-4,6H,5H2,(H,9,10). The topological polar surface area (TPSA) is 37.3 Å². The summed E-state index contributed by atoms with van der Waals surface area (Å²) < 4.78 is 0. The number of aliphatic carboxylic acids is 1. The molecule has 1 spiro atoms. The average Bonchev–Trinajstić information content (AvgIpc) is 2.32. The molecule has 2 aliphatic carbocycles. The van der Waals surface area contributed by atoms with Crippen LogP contribution in [0.2, 0.25) is 0 Å². The molecular weight excluding hydrogens is 128 g/mol. The molecule has 1 N–H and O–H groups in total. The Balaban J connectivity index is 2.19. The Morgan fingerprint density at radius 1 is 1.50 bits per heavy atom. The van der Waals surface area contributed by atoms with Gasteiger partial charge in [-0.3, -0.25) is 4.79 Å². The third kappa shape index (κ3) is 0.561. The van der Waals surface area contributed by atoms with Gasteiger partial charge in [0.1, 0.15) is 0 Å². The first-order chi connectivity index (χ1) is 4.75. The van der Waals surface area contributed by atoms with Gasteiger partial charge < -0.3 is 5.11 Å². The van der Waals surface area contributed by atoms with E-state index in [-0.39, 0.29) is 11.3 Å². The predicted octanol–water partition coefficient (Wildman–Crippen LogP) is 1.20. The first kappa shape index (κ1) is 5.71. The van der Waals surface area contributed by atoms with E-state index in [1.54, 1.807) is 0 Å². The normalized spacial score (nSPS) is 31.4. The number of hydrogen-bond acceptors (Lipinski definition) is 1. The van der Waals surface area contributed by atoms with Crippen LogP contribution in [0.3, 0.4) is 0 Å². The average molecular weight is 136 g/mol. The minimum absolute atomic E-state index is 0.0775. The van der Waals surface area contributed by atoms with Crippen molar-refractivity contribution in [3.63, 3.8) is 0 Å². The molecular formula is C8H8O2. The van der Waals surface area contributed by atoms with E-state index in [0.29, 0.717) is 0 Å². The third-order valence-corrected chi connectivity index (χ3v) is 2.27. The molecule has 0 aromatic heterocycles. The molecule has 0 saturated heterocycles. The van der Waals surface area contributed by atoms with Crippen LogP contribution in [0.1, 0.15) is 6.42 Å². The summed E-state index contributed by atoms with van der Waals surface area (Å²) in [5.41, 5.74) is -0.0775. The molecule has 1 atom stereocenters. The van der Waals surface area contributed by atoms with Crippen LogP contribution in [-0.4, -0.2) is 11.1 Å². The predicted molar refractivity (Wildman–Crippen MR) is 36.5 cm³/mol. The molecule has 10 heavy (non-hydrogen) atoms. The maximum Gasteiger partial charge on any atom is 0.307 e. The van der Waals surface area contributed by atoms with Crippen LogP contribution in [0, 0.1) is 11.3 Å². The Morgan fingerprint density at radius 3 is 2.50 bits per heavy atom. The molecule has 52 valence electrons. The molecule has 0 bridgehead atoms. The number of carbonyl (C=O) groups is 1. The zero-order valence-electron chi connectivity index (χ0n) is 5.45. The minimum Gasteiger partial charge on any atom is -0.481 e. The van der Waals surface area contributed by atoms with Crippen LogP contribution in [0.15, 0.2) is 24.3 Å². The van der Waals surface area contributed by atoms with Crippen molar-refractivity contribution >= 4 is 5.97 Å². The number of rotatable bonds is 1. The van der Waals surface area contributed by atoms with Crippen molar-refractivity contribution in [1.29, 1.82) is 0 Å². The van der Waals surface area contributed by atoms with E-state index >= 15 is 0 Å². The summed E-state index contributed by atoms with van der Waals surface area (Å²) in [5, 5.41) is 8.61. The zero-order chi connectivity index (χ0) is 7.19. The number of carboxylic acid groups (broad SMARTS) is 1. The summed E-state index contributed by atoms with van der Waals surface area (Å²) in [6.07, 6.45) is 8.58. The van der Waals surface area contributed by atoms with Crippen molar-refractivity contribution < 1.29 is 9.90 Å². The van der Waals surface area contributed by atoms with E-state index in [1.165, 1.54) is 0 Å².